The molecule has 1 atom stereocenters. The fourth-order valence-electron chi connectivity index (χ4n) is 5.18. The molecule has 1 unspecified atom stereocenters. The molecule has 34 heavy (non-hydrogen) atoms. The van der Waals surface area contributed by atoms with Crippen LogP contribution in [-0.2, 0) is 25.7 Å². The summed E-state index contributed by atoms with van der Waals surface area (Å²) in [4.78, 5) is 0. The Bertz CT molecular complexity index is 1240. The summed E-state index contributed by atoms with van der Waals surface area (Å²) in [5.41, 5.74) is 16.0. The number of allylic oxidation sites excluding steroid dienone is 9. The van der Waals surface area contributed by atoms with Crippen LogP contribution in [0.3, 0.4) is 0 Å². The van der Waals surface area contributed by atoms with Gasteiger partial charge in [0.25, 0.3) is 0 Å². The first-order valence-corrected chi connectivity index (χ1v) is 12.6. The zero-order chi connectivity index (χ0) is 24.4. The van der Waals surface area contributed by atoms with Crippen LogP contribution in [0.1, 0.15) is 67.5 Å². The number of rotatable bonds is 8. The van der Waals surface area contributed by atoms with Gasteiger partial charge in [-0.3, -0.25) is 0 Å². The molecule has 0 heteroatoms. The van der Waals surface area contributed by atoms with Crippen molar-refractivity contribution in [2.45, 2.75) is 59.8 Å². The normalized spacial score (nSPS) is 15.9. The standard InChI is InChI=1S/C34H38/c1-8-28-21-34-26(7)33(30-12-9-23(4)17-30)16-15-31(34)20-32(28)19-25(6)24(5)18-27-10-13-29(14-11-27)22(2)3/h9-14,16,20-21,25H,2,5,7-8,15,17-19H2,1,3-4,6H3. The molecule has 0 spiro atoms. The van der Waals surface area contributed by atoms with Crippen LogP contribution in [0, 0.1) is 5.92 Å². The van der Waals surface area contributed by atoms with E-state index in [1.807, 2.05) is 0 Å². The average Bonchev–Trinajstić information content (AvgIpc) is 3.25. The summed E-state index contributed by atoms with van der Waals surface area (Å²) in [7, 11) is 0. The average molecular weight is 447 g/mol. The first-order valence-electron chi connectivity index (χ1n) is 12.6. The monoisotopic (exact) mass is 446 g/mol. The molecule has 0 bridgehead atoms. The highest BCUT2D eigenvalue weighted by atomic mass is 14.3. The van der Waals surface area contributed by atoms with Crippen molar-refractivity contribution in [2.75, 3.05) is 0 Å². The minimum Gasteiger partial charge on any atom is -0.0992 e. The van der Waals surface area contributed by atoms with Gasteiger partial charge in [0.2, 0.25) is 0 Å². The smallest absolute Gasteiger partial charge is 0.00607 e. The molecule has 0 radical (unpaired) electrons. The van der Waals surface area contributed by atoms with E-state index in [9.17, 15) is 0 Å². The number of benzene rings is 2. The van der Waals surface area contributed by atoms with E-state index in [1.165, 1.54) is 61.2 Å². The Labute approximate surface area is 206 Å². The maximum absolute atomic E-state index is 4.51. The van der Waals surface area contributed by atoms with Gasteiger partial charge in [-0.15, -0.1) is 0 Å². The predicted octanol–water partition coefficient (Wildman–Crippen LogP) is 9.03. The Morgan fingerprint density at radius 2 is 1.76 bits per heavy atom. The predicted molar refractivity (Wildman–Crippen MR) is 150 cm³/mol. The SMILES string of the molecule is C=C(C)c1ccc(CC(=C)C(C)Cc2cc3c(cc2CC)C(=C)C(C2=CC=C(C)C2)=CC3)cc1. The molecule has 0 amide bonds. The topological polar surface area (TPSA) is 0 Å². The van der Waals surface area contributed by atoms with Crippen molar-refractivity contribution in [3.05, 3.63) is 130 Å². The summed E-state index contributed by atoms with van der Waals surface area (Å²) in [5, 5.41) is 0. The lowest BCUT2D eigenvalue weighted by atomic mass is 9.80. The number of aryl methyl sites for hydroxylation is 1. The first kappa shape index (κ1) is 24.0. The Morgan fingerprint density at radius 1 is 1.03 bits per heavy atom. The maximum atomic E-state index is 4.51. The van der Waals surface area contributed by atoms with Crippen LogP contribution < -0.4 is 0 Å². The van der Waals surface area contributed by atoms with Gasteiger partial charge in [0.1, 0.15) is 0 Å². The van der Waals surface area contributed by atoms with Crippen LogP contribution in [0.2, 0.25) is 0 Å². The van der Waals surface area contributed by atoms with Crippen molar-refractivity contribution < 1.29 is 0 Å². The van der Waals surface area contributed by atoms with Gasteiger partial charge in [-0.2, -0.15) is 0 Å². The Kier molecular flexibility index (Phi) is 7.08. The highest BCUT2D eigenvalue weighted by Crippen LogP contribution is 2.39. The summed E-state index contributed by atoms with van der Waals surface area (Å²) in [5.74, 6) is 0.430. The van der Waals surface area contributed by atoms with Crippen molar-refractivity contribution in [3.8, 4) is 0 Å². The Morgan fingerprint density at radius 3 is 2.38 bits per heavy atom. The maximum Gasteiger partial charge on any atom is -0.00607 e. The van der Waals surface area contributed by atoms with Gasteiger partial charge in [-0.1, -0.05) is 105 Å². The second-order valence-electron chi connectivity index (χ2n) is 10.2. The molecule has 2 aromatic carbocycles. The van der Waals surface area contributed by atoms with Crippen molar-refractivity contribution in [3.63, 3.8) is 0 Å². The minimum absolute atomic E-state index is 0.430. The van der Waals surface area contributed by atoms with Crippen LogP contribution in [0.15, 0.2) is 96.7 Å². The minimum atomic E-state index is 0.430. The molecule has 0 saturated heterocycles. The molecule has 0 N–H and O–H groups in total. The van der Waals surface area contributed by atoms with Crippen LogP contribution in [0.4, 0.5) is 0 Å². The second-order valence-corrected chi connectivity index (χ2v) is 10.2. The van der Waals surface area contributed by atoms with E-state index in [4.69, 9.17) is 0 Å². The molecule has 4 rings (SSSR count). The first-order chi connectivity index (χ1) is 16.3. The van der Waals surface area contributed by atoms with E-state index < -0.39 is 0 Å². The summed E-state index contributed by atoms with van der Waals surface area (Å²) in [6.45, 7) is 21.9. The largest absolute Gasteiger partial charge is 0.0992 e. The quantitative estimate of drug-likeness (QED) is 0.355. The third-order valence-electron chi connectivity index (χ3n) is 7.47. The van der Waals surface area contributed by atoms with Crippen molar-refractivity contribution in [2.24, 2.45) is 5.92 Å². The summed E-state index contributed by atoms with van der Waals surface area (Å²) in [6, 6.07) is 13.6. The zero-order valence-corrected chi connectivity index (χ0v) is 21.4. The number of hydrogen-bond donors (Lipinski definition) is 0. The van der Waals surface area contributed by atoms with E-state index in [0.717, 1.165) is 37.7 Å². The van der Waals surface area contributed by atoms with Crippen molar-refractivity contribution in [1.82, 2.24) is 0 Å². The summed E-state index contributed by atoms with van der Waals surface area (Å²) in [6.07, 6.45) is 11.9. The van der Waals surface area contributed by atoms with Crippen LogP contribution >= 0.6 is 0 Å². The molecular formula is C34H38. The van der Waals surface area contributed by atoms with E-state index in [0.29, 0.717) is 5.92 Å². The van der Waals surface area contributed by atoms with Gasteiger partial charge in [0, 0.05) is 0 Å². The lowest BCUT2D eigenvalue weighted by Crippen LogP contribution is -2.10. The molecule has 0 saturated carbocycles. The molecule has 2 aliphatic carbocycles. The van der Waals surface area contributed by atoms with E-state index in [1.54, 1.807) is 0 Å². The number of hydrogen-bond acceptors (Lipinski definition) is 0. The summed E-state index contributed by atoms with van der Waals surface area (Å²) < 4.78 is 0. The van der Waals surface area contributed by atoms with Gasteiger partial charge in [0.15, 0.2) is 0 Å². The molecule has 0 fully saturated rings. The van der Waals surface area contributed by atoms with Crippen molar-refractivity contribution in [1.29, 1.82) is 0 Å². The van der Waals surface area contributed by atoms with Crippen LogP contribution in [0.5, 0.6) is 0 Å². The molecule has 174 valence electrons. The highest BCUT2D eigenvalue weighted by molar-refractivity contribution is 5.86. The number of fused-ring (bicyclic) bond motifs is 1. The zero-order valence-electron chi connectivity index (χ0n) is 21.4. The molecule has 0 aliphatic heterocycles. The highest BCUT2D eigenvalue weighted by Gasteiger charge is 2.22. The molecule has 0 heterocycles. The van der Waals surface area contributed by atoms with Crippen LogP contribution in [0.25, 0.3) is 11.1 Å². The molecule has 0 nitrogen and oxygen atoms in total. The van der Waals surface area contributed by atoms with Crippen LogP contribution in [-0.4, -0.2) is 0 Å². The lowest BCUT2D eigenvalue weighted by Gasteiger charge is -2.25. The molecular weight excluding hydrogens is 408 g/mol. The molecule has 0 aromatic heterocycles. The van der Waals surface area contributed by atoms with E-state index in [-0.39, 0.29) is 0 Å². The van der Waals surface area contributed by atoms with E-state index in [2.05, 4.69) is 102 Å². The van der Waals surface area contributed by atoms with Gasteiger partial charge in [-0.25, -0.2) is 0 Å². The van der Waals surface area contributed by atoms with Gasteiger partial charge in [0.05, 0.1) is 0 Å². The fourth-order valence-corrected chi connectivity index (χ4v) is 5.18. The summed E-state index contributed by atoms with van der Waals surface area (Å²) >= 11 is 0. The molecule has 2 aromatic rings. The third-order valence-corrected chi connectivity index (χ3v) is 7.47. The van der Waals surface area contributed by atoms with Gasteiger partial charge >= 0.3 is 0 Å². The van der Waals surface area contributed by atoms with E-state index >= 15 is 0 Å². The molecule has 2 aliphatic rings. The van der Waals surface area contributed by atoms with Gasteiger partial charge < -0.3 is 0 Å². The fraction of sp³-hybridized carbons (Fsp3) is 0.294. The third kappa shape index (κ3) is 5.02. The van der Waals surface area contributed by atoms with Crippen molar-refractivity contribution >= 4 is 11.1 Å². The second kappa shape index (κ2) is 10.0. The Hall–Kier alpha value is -3.12. The lowest BCUT2D eigenvalue weighted by molar-refractivity contribution is 0.657. The van der Waals surface area contributed by atoms with Gasteiger partial charge in [-0.05, 0) is 102 Å². The Balaban J connectivity index is 1.49.